The lowest BCUT2D eigenvalue weighted by molar-refractivity contribution is 0.0924. The van der Waals surface area contributed by atoms with Crippen LogP contribution in [-0.2, 0) is 13.5 Å². The standard InChI is InChI=1S/C18H23N5O2/c1-10-11(2)20-9-21-16(10)18(25)22-13-6-5-7-14-12(13)8-15(23(14)4)17(24)19-3/h8-9,13H,5-7H2,1-4H3,(H,19,24)(H,22,25). The second-order valence-electron chi connectivity index (χ2n) is 6.42. The first-order chi connectivity index (χ1) is 11.9. The van der Waals surface area contributed by atoms with E-state index in [1.165, 1.54) is 6.33 Å². The molecule has 2 N–H and O–H groups in total. The Balaban J connectivity index is 1.90. The minimum atomic E-state index is -0.203. The van der Waals surface area contributed by atoms with Crippen LogP contribution < -0.4 is 10.6 Å². The molecule has 1 atom stereocenters. The van der Waals surface area contributed by atoms with Crippen LogP contribution in [0, 0.1) is 13.8 Å². The molecule has 2 amide bonds. The van der Waals surface area contributed by atoms with Gasteiger partial charge in [0.25, 0.3) is 11.8 Å². The Bertz CT molecular complexity index is 840. The molecule has 0 aliphatic heterocycles. The zero-order chi connectivity index (χ0) is 18.1. The van der Waals surface area contributed by atoms with Gasteiger partial charge in [-0.2, -0.15) is 0 Å². The van der Waals surface area contributed by atoms with Gasteiger partial charge in [0, 0.05) is 31.0 Å². The van der Waals surface area contributed by atoms with Crippen molar-refractivity contribution in [2.24, 2.45) is 7.05 Å². The molecule has 0 radical (unpaired) electrons. The van der Waals surface area contributed by atoms with Gasteiger partial charge >= 0.3 is 0 Å². The first-order valence-corrected chi connectivity index (χ1v) is 8.43. The fourth-order valence-electron chi connectivity index (χ4n) is 3.40. The van der Waals surface area contributed by atoms with Crippen molar-refractivity contribution in [1.82, 2.24) is 25.2 Å². The molecule has 0 fully saturated rings. The lowest BCUT2D eigenvalue weighted by atomic mass is 9.92. The molecule has 0 saturated carbocycles. The van der Waals surface area contributed by atoms with Crippen LogP contribution in [0.25, 0.3) is 0 Å². The summed E-state index contributed by atoms with van der Waals surface area (Å²) in [5.74, 6) is -0.324. The number of nitrogens with zero attached hydrogens (tertiary/aromatic N) is 3. The van der Waals surface area contributed by atoms with Gasteiger partial charge in [0.05, 0.1) is 6.04 Å². The van der Waals surface area contributed by atoms with E-state index < -0.39 is 0 Å². The average molecular weight is 341 g/mol. The maximum atomic E-state index is 12.7. The van der Waals surface area contributed by atoms with Crippen molar-refractivity contribution >= 4 is 11.8 Å². The van der Waals surface area contributed by atoms with E-state index in [2.05, 4.69) is 20.6 Å². The quantitative estimate of drug-likeness (QED) is 0.887. The number of aromatic nitrogens is 3. The molecule has 0 saturated heterocycles. The fraction of sp³-hybridized carbons (Fsp3) is 0.444. The highest BCUT2D eigenvalue weighted by Crippen LogP contribution is 2.32. The highest BCUT2D eigenvalue weighted by molar-refractivity contribution is 5.95. The van der Waals surface area contributed by atoms with E-state index in [-0.39, 0.29) is 17.9 Å². The van der Waals surface area contributed by atoms with Gasteiger partial charge in [-0.05, 0) is 44.7 Å². The van der Waals surface area contributed by atoms with Crippen LogP contribution in [0.2, 0.25) is 0 Å². The second-order valence-corrected chi connectivity index (χ2v) is 6.42. The molecule has 0 aromatic carbocycles. The number of amides is 2. The summed E-state index contributed by atoms with van der Waals surface area (Å²) in [5, 5.41) is 5.74. The first kappa shape index (κ1) is 17.1. The minimum absolute atomic E-state index is 0.115. The number of carbonyl (C=O) groups is 2. The molecule has 0 spiro atoms. The zero-order valence-electron chi connectivity index (χ0n) is 15.0. The lowest BCUT2D eigenvalue weighted by Gasteiger charge is -2.24. The minimum Gasteiger partial charge on any atom is -0.354 e. The van der Waals surface area contributed by atoms with Gasteiger partial charge in [0.15, 0.2) is 0 Å². The zero-order valence-corrected chi connectivity index (χ0v) is 15.0. The smallest absolute Gasteiger partial charge is 0.270 e. The Labute approximate surface area is 146 Å². The molecule has 1 aliphatic carbocycles. The van der Waals surface area contributed by atoms with Gasteiger partial charge < -0.3 is 15.2 Å². The Hall–Kier alpha value is -2.70. The van der Waals surface area contributed by atoms with E-state index in [1.807, 2.05) is 31.5 Å². The van der Waals surface area contributed by atoms with Crippen molar-refractivity contribution in [1.29, 1.82) is 0 Å². The van der Waals surface area contributed by atoms with Crippen LogP contribution in [0.3, 0.4) is 0 Å². The van der Waals surface area contributed by atoms with Crippen LogP contribution in [0.15, 0.2) is 12.4 Å². The predicted octanol–water partition coefficient (Wildman–Crippen LogP) is 1.60. The molecule has 7 heteroatoms. The Kier molecular flexibility index (Phi) is 4.57. The van der Waals surface area contributed by atoms with Gasteiger partial charge in [0.1, 0.15) is 17.7 Å². The number of rotatable bonds is 3. The van der Waals surface area contributed by atoms with Crippen molar-refractivity contribution in [2.75, 3.05) is 7.05 Å². The summed E-state index contributed by atoms with van der Waals surface area (Å²) >= 11 is 0. The normalized spacial score (nSPS) is 16.2. The molecule has 1 unspecified atom stereocenters. The third-order valence-electron chi connectivity index (χ3n) is 4.99. The fourth-order valence-corrected chi connectivity index (χ4v) is 3.40. The van der Waals surface area contributed by atoms with Gasteiger partial charge in [0.2, 0.25) is 0 Å². The molecule has 7 nitrogen and oxygen atoms in total. The predicted molar refractivity (Wildman–Crippen MR) is 93.5 cm³/mol. The summed E-state index contributed by atoms with van der Waals surface area (Å²) in [6, 6.07) is 1.77. The van der Waals surface area contributed by atoms with Crippen molar-refractivity contribution in [3.8, 4) is 0 Å². The third kappa shape index (κ3) is 3.01. The molecule has 25 heavy (non-hydrogen) atoms. The van der Waals surface area contributed by atoms with Gasteiger partial charge in [-0.25, -0.2) is 9.97 Å². The Morgan fingerprint density at radius 3 is 2.72 bits per heavy atom. The molecule has 1 aliphatic rings. The molecule has 3 rings (SSSR count). The maximum absolute atomic E-state index is 12.7. The first-order valence-electron chi connectivity index (χ1n) is 8.43. The summed E-state index contributed by atoms with van der Waals surface area (Å²) in [5.41, 5.74) is 4.72. The summed E-state index contributed by atoms with van der Waals surface area (Å²) in [7, 11) is 3.51. The third-order valence-corrected chi connectivity index (χ3v) is 4.99. The molecule has 132 valence electrons. The van der Waals surface area contributed by atoms with Crippen LogP contribution in [0.1, 0.15) is 62.4 Å². The molecule has 2 aromatic heterocycles. The van der Waals surface area contributed by atoms with E-state index in [9.17, 15) is 9.59 Å². The van der Waals surface area contributed by atoms with Gasteiger partial charge in [-0.1, -0.05) is 0 Å². The molecular formula is C18H23N5O2. The van der Waals surface area contributed by atoms with E-state index in [1.54, 1.807) is 7.05 Å². The number of carbonyl (C=O) groups excluding carboxylic acids is 2. The number of hydrogen-bond acceptors (Lipinski definition) is 4. The van der Waals surface area contributed by atoms with Crippen LogP contribution >= 0.6 is 0 Å². The summed E-state index contributed by atoms with van der Waals surface area (Å²) in [6.45, 7) is 3.71. The lowest BCUT2D eigenvalue weighted by Crippen LogP contribution is -2.32. The van der Waals surface area contributed by atoms with Crippen LogP contribution in [0.5, 0.6) is 0 Å². The van der Waals surface area contributed by atoms with E-state index in [4.69, 9.17) is 0 Å². The van der Waals surface area contributed by atoms with E-state index in [0.29, 0.717) is 11.4 Å². The number of aryl methyl sites for hydroxylation is 1. The van der Waals surface area contributed by atoms with Crippen molar-refractivity contribution in [2.45, 2.75) is 39.2 Å². The van der Waals surface area contributed by atoms with E-state index >= 15 is 0 Å². The van der Waals surface area contributed by atoms with E-state index in [0.717, 1.165) is 41.8 Å². The number of hydrogen-bond donors (Lipinski definition) is 2. The number of nitrogens with one attached hydrogen (secondary N) is 2. The molecule has 2 aromatic rings. The van der Waals surface area contributed by atoms with Crippen molar-refractivity contribution in [3.63, 3.8) is 0 Å². The summed E-state index contributed by atoms with van der Waals surface area (Å²) < 4.78 is 1.92. The topological polar surface area (TPSA) is 88.9 Å². The highest BCUT2D eigenvalue weighted by Gasteiger charge is 2.28. The maximum Gasteiger partial charge on any atom is 0.270 e. The van der Waals surface area contributed by atoms with Crippen LogP contribution in [-0.4, -0.2) is 33.4 Å². The van der Waals surface area contributed by atoms with Gasteiger partial charge in [-0.15, -0.1) is 0 Å². The highest BCUT2D eigenvalue weighted by atomic mass is 16.2. The molecular weight excluding hydrogens is 318 g/mol. The van der Waals surface area contributed by atoms with Crippen molar-refractivity contribution < 1.29 is 9.59 Å². The summed E-state index contributed by atoms with van der Waals surface area (Å²) in [6.07, 6.45) is 4.13. The SMILES string of the molecule is CNC(=O)c1cc2c(n1C)CCCC2NC(=O)c1ncnc(C)c1C. The molecule has 2 heterocycles. The Morgan fingerprint density at radius 1 is 1.24 bits per heavy atom. The number of fused-ring (bicyclic) bond motifs is 1. The molecule has 0 bridgehead atoms. The monoisotopic (exact) mass is 341 g/mol. The summed E-state index contributed by atoms with van der Waals surface area (Å²) in [4.78, 5) is 33.0. The van der Waals surface area contributed by atoms with Gasteiger partial charge in [-0.3, -0.25) is 9.59 Å². The van der Waals surface area contributed by atoms with Crippen LogP contribution in [0.4, 0.5) is 0 Å². The Morgan fingerprint density at radius 2 is 2.00 bits per heavy atom. The largest absolute Gasteiger partial charge is 0.354 e. The van der Waals surface area contributed by atoms with Crippen molar-refractivity contribution in [3.05, 3.63) is 46.3 Å². The average Bonchev–Trinajstić information content (AvgIpc) is 2.94. The second kappa shape index (κ2) is 6.66.